The third-order valence-corrected chi connectivity index (χ3v) is 3.98. The number of aliphatic hydroxyl groups excluding tert-OH is 1. The fourth-order valence-electron chi connectivity index (χ4n) is 2.60. The molecule has 0 aliphatic rings. The van der Waals surface area contributed by atoms with Gasteiger partial charge in [0.15, 0.2) is 0 Å². The van der Waals surface area contributed by atoms with E-state index >= 15 is 0 Å². The molecule has 0 bridgehead atoms. The molecule has 0 saturated heterocycles. The van der Waals surface area contributed by atoms with Gasteiger partial charge in [-0.2, -0.15) is 0 Å². The molecule has 0 heterocycles. The molecular weight excluding hydrogens is 288 g/mol. The largest absolute Gasteiger partial charge is 0.481 e. The van der Waals surface area contributed by atoms with Crippen LogP contribution in [0.3, 0.4) is 0 Å². The maximum Gasteiger partial charge on any atom is 0.306 e. The lowest BCUT2D eigenvalue weighted by Gasteiger charge is -2.10. The Labute approximate surface area is 136 Å². The number of halogens is 1. The summed E-state index contributed by atoms with van der Waals surface area (Å²) in [5.74, 6) is -1.11. The molecule has 1 atom stereocenters. The molecule has 0 aromatic heterocycles. The van der Waals surface area contributed by atoms with Crippen molar-refractivity contribution in [3.05, 3.63) is 0 Å². The second-order valence-corrected chi connectivity index (χ2v) is 5.87. The van der Waals surface area contributed by atoms with Gasteiger partial charge in [0, 0.05) is 6.61 Å². The first-order valence-corrected chi connectivity index (χ1v) is 8.56. The summed E-state index contributed by atoms with van der Waals surface area (Å²) >= 11 is 0. The summed E-state index contributed by atoms with van der Waals surface area (Å²) in [5, 5.41) is 17.8. The fraction of sp³-hybridized carbons (Fsp3) is 0.941. The van der Waals surface area contributed by atoms with Crippen LogP contribution in [0.4, 0.5) is 0 Å². The molecule has 128 valence electrons. The maximum atomic E-state index is 10.9. The van der Waals surface area contributed by atoms with Gasteiger partial charge < -0.3 is 10.2 Å². The van der Waals surface area contributed by atoms with Crippen LogP contribution in [0.25, 0.3) is 0 Å². The SMILES string of the molecule is CCCCCCCCCCCCCC(CCO)C(=O)O.Cl. The van der Waals surface area contributed by atoms with Crippen LogP contribution in [-0.4, -0.2) is 22.8 Å². The van der Waals surface area contributed by atoms with E-state index < -0.39 is 5.97 Å². The lowest BCUT2D eigenvalue weighted by molar-refractivity contribution is -0.142. The number of hydrogen-bond donors (Lipinski definition) is 2. The average Bonchev–Trinajstić information content (AvgIpc) is 2.43. The molecule has 1 unspecified atom stereocenters. The van der Waals surface area contributed by atoms with Crippen LogP contribution >= 0.6 is 12.4 Å². The van der Waals surface area contributed by atoms with E-state index in [1.165, 1.54) is 57.8 Å². The Balaban J connectivity index is 0. The van der Waals surface area contributed by atoms with Gasteiger partial charge in [-0.1, -0.05) is 77.6 Å². The second kappa shape index (κ2) is 17.8. The average molecular weight is 323 g/mol. The summed E-state index contributed by atoms with van der Waals surface area (Å²) in [4.78, 5) is 10.9. The molecule has 0 aliphatic heterocycles. The third kappa shape index (κ3) is 15.9. The summed E-state index contributed by atoms with van der Waals surface area (Å²) < 4.78 is 0. The predicted octanol–water partition coefficient (Wildman–Crippen LogP) is 5.19. The zero-order valence-electron chi connectivity index (χ0n) is 13.7. The molecule has 0 aliphatic carbocycles. The van der Waals surface area contributed by atoms with Crippen molar-refractivity contribution in [2.75, 3.05) is 6.61 Å². The highest BCUT2D eigenvalue weighted by Gasteiger charge is 2.15. The highest BCUT2D eigenvalue weighted by Crippen LogP contribution is 2.16. The quantitative estimate of drug-likeness (QED) is 0.408. The molecule has 0 rings (SSSR count). The van der Waals surface area contributed by atoms with E-state index in [2.05, 4.69) is 6.92 Å². The number of aliphatic hydroxyl groups is 1. The van der Waals surface area contributed by atoms with Crippen LogP contribution in [0.1, 0.15) is 90.4 Å². The van der Waals surface area contributed by atoms with E-state index in [4.69, 9.17) is 10.2 Å². The van der Waals surface area contributed by atoms with E-state index in [1.54, 1.807) is 0 Å². The van der Waals surface area contributed by atoms with E-state index in [1.807, 2.05) is 0 Å². The number of carboxylic acids is 1. The smallest absolute Gasteiger partial charge is 0.306 e. The monoisotopic (exact) mass is 322 g/mol. The molecule has 0 aromatic carbocycles. The van der Waals surface area contributed by atoms with Crippen LogP contribution in [-0.2, 0) is 4.79 Å². The van der Waals surface area contributed by atoms with E-state index in [9.17, 15) is 4.79 Å². The Morgan fingerprint density at radius 3 is 1.62 bits per heavy atom. The highest BCUT2D eigenvalue weighted by atomic mass is 35.5. The van der Waals surface area contributed by atoms with Gasteiger partial charge >= 0.3 is 5.97 Å². The zero-order valence-corrected chi connectivity index (χ0v) is 14.5. The number of carboxylic acid groups (broad SMARTS) is 1. The molecule has 0 spiro atoms. The fourth-order valence-corrected chi connectivity index (χ4v) is 2.60. The van der Waals surface area contributed by atoms with Gasteiger partial charge in [-0.3, -0.25) is 4.79 Å². The van der Waals surface area contributed by atoms with Gasteiger partial charge in [0.2, 0.25) is 0 Å². The number of hydrogen-bond acceptors (Lipinski definition) is 2. The predicted molar refractivity (Wildman–Crippen MR) is 91.2 cm³/mol. The normalized spacial score (nSPS) is 11.9. The molecule has 3 nitrogen and oxygen atoms in total. The van der Waals surface area contributed by atoms with Gasteiger partial charge in [-0.15, -0.1) is 12.4 Å². The third-order valence-electron chi connectivity index (χ3n) is 3.98. The maximum absolute atomic E-state index is 10.9. The van der Waals surface area contributed by atoms with E-state index in [0.717, 1.165) is 12.8 Å². The van der Waals surface area contributed by atoms with Gasteiger partial charge in [0.05, 0.1) is 5.92 Å². The second-order valence-electron chi connectivity index (χ2n) is 5.87. The molecule has 4 heteroatoms. The van der Waals surface area contributed by atoms with Crippen molar-refractivity contribution in [2.45, 2.75) is 90.4 Å². The van der Waals surface area contributed by atoms with Crippen molar-refractivity contribution < 1.29 is 15.0 Å². The summed E-state index contributed by atoms with van der Waals surface area (Å²) in [7, 11) is 0. The summed E-state index contributed by atoms with van der Waals surface area (Å²) in [6.07, 6.45) is 15.2. The molecule has 0 saturated carbocycles. The Bertz CT molecular complexity index is 222. The number of rotatable bonds is 15. The number of unbranched alkanes of at least 4 members (excludes halogenated alkanes) is 10. The van der Waals surface area contributed by atoms with Crippen LogP contribution in [0, 0.1) is 5.92 Å². The van der Waals surface area contributed by atoms with Crippen molar-refractivity contribution in [2.24, 2.45) is 5.92 Å². The minimum Gasteiger partial charge on any atom is -0.481 e. The molecule has 0 radical (unpaired) electrons. The standard InChI is InChI=1S/C17H34O3.ClH/c1-2-3-4-5-6-7-8-9-10-11-12-13-16(14-15-18)17(19)20;/h16,18H,2-15H2,1H3,(H,19,20);1H. The topological polar surface area (TPSA) is 57.5 Å². The lowest BCUT2D eigenvalue weighted by atomic mass is 9.97. The van der Waals surface area contributed by atoms with Crippen LogP contribution < -0.4 is 0 Å². The van der Waals surface area contributed by atoms with Crippen LogP contribution in [0.2, 0.25) is 0 Å². The molecule has 21 heavy (non-hydrogen) atoms. The van der Waals surface area contributed by atoms with Crippen molar-refractivity contribution in [1.82, 2.24) is 0 Å². The van der Waals surface area contributed by atoms with Gasteiger partial charge in [-0.05, 0) is 12.8 Å². The van der Waals surface area contributed by atoms with Crippen molar-refractivity contribution in [3.63, 3.8) is 0 Å². The first-order chi connectivity index (χ1) is 9.72. The lowest BCUT2D eigenvalue weighted by Crippen LogP contribution is -2.15. The van der Waals surface area contributed by atoms with Crippen molar-refractivity contribution >= 4 is 18.4 Å². The Hall–Kier alpha value is -0.280. The van der Waals surface area contributed by atoms with Gasteiger partial charge in [0.25, 0.3) is 0 Å². The summed E-state index contributed by atoms with van der Waals surface area (Å²) in [6.45, 7) is 2.23. The minimum atomic E-state index is -0.758. The highest BCUT2D eigenvalue weighted by molar-refractivity contribution is 5.85. The minimum absolute atomic E-state index is 0. The Morgan fingerprint density at radius 1 is 0.810 bits per heavy atom. The van der Waals surface area contributed by atoms with Crippen molar-refractivity contribution in [1.29, 1.82) is 0 Å². The zero-order chi connectivity index (χ0) is 15.1. The molecule has 0 fully saturated rings. The van der Waals surface area contributed by atoms with Gasteiger partial charge in [-0.25, -0.2) is 0 Å². The van der Waals surface area contributed by atoms with Crippen LogP contribution in [0.15, 0.2) is 0 Å². The number of carbonyl (C=O) groups is 1. The first kappa shape index (κ1) is 23.0. The van der Waals surface area contributed by atoms with E-state index in [-0.39, 0.29) is 24.9 Å². The molecule has 0 amide bonds. The Kier molecular flexibility index (Phi) is 19.5. The summed E-state index contributed by atoms with van der Waals surface area (Å²) in [5.41, 5.74) is 0. The molecular formula is C17H35ClO3. The Morgan fingerprint density at radius 2 is 1.24 bits per heavy atom. The first-order valence-electron chi connectivity index (χ1n) is 8.56. The van der Waals surface area contributed by atoms with Crippen molar-refractivity contribution in [3.8, 4) is 0 Å². The number of aliphatic carboxylic acids is 1. The summed E-state index contributed by atoms with van der Waals surface area (Å²) in [6, 6.07) is 0. The van der Waals surface area contributed by atoms with Gasteiger partial charge in [0.1, 0.15) is 0 Å². The van der Waals surface area contributed by atoms with Crippen LogP contribution in [0.5, 0.6) is 0 Å². The molecule has 0 aromatic rings. The van der Waals surface area contributed by atoms with E-state index in [0.29, 0.717) is 12.8 Å². The molecule has 2 N–H and O–H groups in total.